The molecule has 0 N–H and O–H groups in total. The van der Waals surface area contributed by atoms with Gasteiger partial charge >= 0.3 is 0 Å². The number of rotatable bonds is 5. The molecule has 0 aromatic heterocycles. The SMILES string of the molecule is CC(C)(C)C1CCC(CBr)(COCc2ccccc2)CC1. The van der Waals surface area contributed by atoms with Crippen LogP contribution in [0.3, 0.4) is 0 Å². The molecule has 0 spiro atoms. The fraction of sp³-hybridized carbons (Fsp3) is 0.684. The van der Waals surface area contributed by atoms with Crippen LogP contribution in [0.25, 0.3) is 0 Å². The van der Waals surface area contributed by atoms with Crippen LogP contribution in [-0.2, 0) is 11.3 Å². The van der Waals surface area contributed by atoms with Gasteiger partial charge in [-0.25, -0.2) is 0 Å². The van der Waals surface area contributed by atoms with E-state index in [4.69, 9.17) is 4.74 Å². The Balaban J connectivity index is 1.83. The Morgan fingerprint density at radius 2 is 1.76 bits per heavy atom. The maximum atomic E-state index is 6.04. The molecule has 1 saturated carbocycles. The summed E-state index contributed by atoms with van der Waals surface area (Å²) < 4.78 is 6.04. The smallest absolute Gasteiger partial charge is 0.0717 e. The molecule has 0 unspecified atom stereocenters. The topological polar surface area (TPSA) is 9.23 Å². The molecule has 1 aromatic rings. The Labute approximate surface area is 138 Å². The van der Waals surface area contributed by atoms with Gasteiger partial charge in [-0.15, -0.1) is 0 Å². The third-order valence-electron chi connectivity index (χ3n) is 5.07. The van der Waals surface area contributed by atoms with Crippen LogP contribution >= 0.6 is 15.9 Å². The summed E-state index contributed by atoms with van der Waals surface area (Å²) in [6.07, 6.45) is 5.25. The molecule has 0 bridgehead atoms. The van der Waals surface area contributed by atoms with E-state index in [0.717, 1.165) is 24.5 Å². The predicted molar refractivity (Wildman–Crippen MR) is 93.7 cm³/mol. The number of halogens is 1. The summed E-state index contributed by atoms with van der Waals surface area (Å²) in [5.74, 6) is 0.860. The van der Waals surface area contributed by atoms with Crippen LogP contribution in [0.2, 0.25) is 0 Å². The second-order valence-corrected chi connectivity index (χ2v) is 8.31. The first kappa shape index (κ1) is 17.0. The second-order valence-electron chi connectivity index (χ2n) is 7.75. The number of hydrogen-bond acceptors (Lipinski definition) is 1. The molecule has 2 rings (SSSR count). The average molecular weight is 353 g/mol. The van der Waals surface area contributed by atoms with E-state index in [1.165, 1.54) is 31.2 Å². The van der Waals surface area contributed by atoms with Crippen molar-refractivity contribution in [1.82, 2.24) is 0 Å². The highest BCUT2D eigenvalue weighted by atomic mass is 79.9. The van der Waals surface area contributed by atoms with Crippen molar-refractivity contribution in [3.05, 3.63) is 35.9 Å². The Morgan fingerprint density at radius 1 is 1.14 bits per heavy atom. The van der Waals surface area contributed by atoms with E-state index in [1.807, 2.05) is 0 Å². The quantitative estimate of drug-likeness (QED) is 0.606. The van der Waals surface area contributed by atoms with Crippen molar-refractivity contribution < 1.29 is 4.74 Å². The Bertz CT molecular complexity index is 413. The molecule has 1 aromatic carbocycles. The molecule has 1 aliphatic carbocycles. The first-order valence-corrected chi connectivity index (χ1v) is 9.25. The molecule has 0 aliphatic heterocycles. The summed E-state index contributed by atoms with van der Waals surface area (Å²) >= 11 is 3.74. The highest BCUT2D eigenvalue weighted by Gasteiger charge is 2.38. The molecule has 1 aliphatic rings. The molecule has 0 saturated heterocycles. The Hall–Kier alpha value is -0.340. The first-order valence-electron chi connectivity index (χ1n) is 8.13. The van der Waals surface area contributed by atoms with Crippen LogP contribution < -0.4 is 0 Å². The molecule has 0 atom stereocenters. The zero-order valence-corrected chi connectivity index (χ0v) is 15.3. The van der Waals surface area contributed by atoms with Gasteiger partial charge in [-0.2, -0.15) is 0 Å². The van der Waals surface area contributed by atoms with Gasteiger partial charge in [-0.3, -0.25) is 0 Å². The molecule has 1 nitrogen and oxygen atoms in total. The predicted octanol–water partition coefficient (Wildman–Crippen LogP) is 5.82. The summed E-state index contributed by atoms with van der Waals surface area (Å²) in [6, 6.07) is 10.5. The minimum atomic E-state index is 0.344. The van der Waals surface area contributed by atoms with Gasteiger partial charge in [0.1, 0.15) is 0 Å². The third kappa shape index (κ3) is 4.82. The van der Waals surface area contributed by atoms with Crippen molar-refractivity contribution in [3.63, 3.8) is 0 Å². The molecule has 0 radical (unpaired) electrons. The maximum Gasteiger partial charge on any atom is 0.0717 e. The highest BCUT2D eigenvalue weighted by molar-refractivity contribution is 9.09. The summed E-state index contributed by atoms with van der Waals surface area (Å²) in [7, 11) is 0. The second kappa shape index (κ2) is 7.28. The zero-order valence-electron chi connectivity index (χ0n) is 13.7. The van der Waals surface area contributed by atoms with E-state index in [2.05, 4.69) is 67.0 Å². The fourth-order valence-electron chi connectivity index (χ4n) is 3.37. The van der Waals surface area contributed by atoms with Gasteiger partial charge in [-0.05, 0) is 42.6 Å². The van der Waals surface area contributed by atoms with Crippen LogP contribution in [0.15, 0.2) is 30.3 Å². The van der Waals surface area contributed by atoms with Crippen LogP contribution in [0.5, 0.6) is 0 Å². The minimum absolute atomic E-state index is 0.344. The lowest BCUT2D eigenvalue weighted by molar-refractivity contribution is 0.00390. The monoisotopic (exact) mass is 352 g/mol. The summed E-state index contributed by atoms with van der Waals surface area (Å²) in [5, 5.41) is 1.06. The van der Waals surface area contributed by atoms with E-state index in [0.29, 0.717) is 10.8 Å². The van der Waals surface area contributed by atoms with Gasteiger partial charge in [0.2, 0.25) is 0 Å². The number of ether oxygens (including phenoxy) is 1. The van der Waals surface area contributed by atoms with Gasteiger partial charge in [-0.1, -0.05) is 67.0 Å². The van der Waals surface area contributed by atoms with E-state index in [9.17, 15) is 0 Å². The summed E-state index contributed by atoms with van der Waals surface area (Å²) in [4.78, 5) is 0. The maximum absolute atomic E-state index is 6.04. The number of benzene rings is 1. The Morgan fingerprint density at radius 3 is 2.29 bits per heavy atom. The molecular weight excluding hydrogens is 324 g/mol. The molecular formula is C19H29BrO. The van der Waals surface area contributed by atoms with E-state index in [-0.39, 0.29) is 0 Å². The number of hydrogen-bond donors (Lipinski definition) is 0. The summed E-state index contributed by atoms with van der Waals surface area (Å²) in [6.45, 7) is 8.75. The highest BCUT2D eigenvalue weighted by Crippen LogP contribution is 2.46. The van der Waals surface area contributed by atoms with Gasteiger partial charge in [0.25, 0.3) is 0 Å². The van der Waals surface area contributed by atoms with Crippen LogP contribution in [-0.4, -0.2) is 11.9 Å². The van der Waals surface area contributed by atoms with Gasteiger partial charge in [0.05, 0.1) is 13.2 Å². The standard InChI is InChI=1S/C19H29BrO/c1-18(2,3)17-9-11-19(14-20,12-10-17)15-21-13-16-7-5-4-6-8-16/h4-8,17H,9-15H2,1-3H3. The molecule has 1 fully saturated rings. The fourth-order valence-corrected chi connectivity index (χ4v) is 4.09. The van der Waals surface area contributed by atoms with Crippen molar-refractivity contribution in [2.24, 2.45) is 16.7 Å². The van der Waals surface area contributed by atoms with Crippen molar-refractivity contribution in [3.8, 4) is 0 Å². The lowest BCUT2D eigenvalue weighted by atomic mass is 9.65. The molecule has 0 amide bonds. The molecule has 2 heteroatoms. The van der Waals surface area contributed by atoms with E-state index >= 15 is 0 Å². The minimum Gasteiger partial charge on any atom is -0.376 e. The molecule has 0 heterocycles. The van der Waals surface area contributed by atoms with Gasteiger partial charge in [0.15, 0.2) is 0 Å². The largest absolute Gasteiger partial charge is 0.376 e. The van der Waals surface area contributed by atoms with Crippen molar-refractivity contribution in [2.45, 2.75) is 53.1 Å². The third-order valence-corrected chi connectivity index (χ3v) is 6.26. The molecule has 118 valence electrons. The van der Waals surface area contributed by atoms with E-state index < -0.39 is 0 Å². The number of alkyl halides is 1. The average Bonchev–Trinajstić information content (AvgIpc) is 2.48. The van der Waals surface area contributed by atoms with Gasteiger partial charge < -0.3 is 4.74 Å². The lowest BCUT2D eigenvalue weighted by Crippen LogP contribution is -2.37. The van der Waals surface area contributed by atoms with Crippen LogP contribution in [0.1, 0.15) is 52.0 Å². The van der Waals surface area contributed by atoms with Gasteiger partial charge in [0, 0.05) is 10.7 Å². The van der Waals surface area contributed by atoms with E-state index in [1.54, 1.807) is 0 Å². The van der Waals surface area contributed by atoms with Crippen molar-refractivity contribution in [2.75, 3.05) is 11.9 Å². The van der Waals surface area contributed by atoms with Crippen molar-refractivity contribution >= 4 is 15.9 Å². The molecule has 21 heavy (non-hydrogen) atoms. The van der Waals surface area contributed by atoms with Crippen LogP contribution in [0.4, 0.5) is 0 Å². The lowest BCUT2D eigenvalue weighted by Gasteiger charge is -2.43. The zero-order chi connectivity index (χ0) is 15.3. The normalized spacial score (nSPS) is 26.8. The van der Waals surface area contributed by atoms with Crippen LogP contribution in [0, 0.1) is 16.7 Å². The summed E-state index contributed by atoms with van der Waals surface area (Å²) in [5.41, 5.74) is 2.06. The first-order chi connectivity index (χ1) is 9.95. The van der Waals surface area contributed by atoms with Crippen molar-refractivity contribution in [1.29, 1.82) is 0 Å². The Kier molecular flexibility index (Phi) is 5.90.